The molecule has 1 atom stereocenters. The average molecular weight is 352 g/mol. The molecule has 1 aliphatic heterocycles. The van der Waals surface area contributed by atoms with Gasteiger partial charge in [-0.2, -0.15) is 0 Å². The molecule has 0 radical (unpaired) electrons. The Morgan fingerprint density at radius 3 is 2.92 bits per heavy atom. The summed E-state index contributed by atoms with van der Waals surface area (Å²) in [6.07, 6.45) is 1.11. The fraction of sp³-hybridized carbons (Fsp3) is 0.211. The number of nitrogens with zero attached hydrogens (tertiary/aromatic N) is 2. The van der Waals surface area contributed by atoms with Crippen molar-refractivity contribution >= 4 is 33.8 Å². The van der Waals surface area contributed by atoms with Crippen LogP contribution in [-0.4, -0.2) is 16.4 Å². The van der Waals surface area contributed by atoms with E-state index in [0.717, 1.165) is 36.5 Å². The Labute approximate surface area is 148 Å². The van der Waals surface area contributed by atoms with Gasteiger partial charge in [0.05, 0.1) is 12.6 Å². The van der Waals surface area contributed by atoms with Gasteiger partial charge in [0.15, 0.2) is 5.58 Å². The third-order valence-electron chi connectivity index (χ3n) is 4.55. The van der Waals surface area contributed by atoms with E-state index in [-0.39, 0.29) is 0 Å². The van der Waals surface area contributed by atoms with E-state index >= 15 is 0 Å². The van der Waals surface area contributed by atoms with Gasteiger partial charge in [0, 0.05) is 16.3 Å². The van der Waals surface area contributed by atoms with Crippen molar-refractivity contribution in [3.63, 3.8) is 0 Å². The second-order valence-corrected chi connectivity index (χ2v) is 7.99. The van der Waals surface area contributed by atoms with Crippen molar-refractivity contribution in [1.29, 1.82) is 0 Å². The van der Waals surface area contributed by atoms with Crippen LogP contribution in [0.2, 0.25) is 0 Å². The maximum absolute atomic E-state index is 5.96. The van der Waals surface area contributed by atoms with Crippen LogP contribution in [0.3, 0.4) is 0 Å². The standard InChI is InChI=1S/C19H16N2OS2/c1-2-5-15-14(4-1)20-18(22-15)12-21-9-7-16-13(8-11-24-16)19(21)17-6-3-10-23-17/h1-6,8,10-11,19H,7,9,12H2. The lowest BCUT2D eigenvalue weighted by atomic mass is 9.98. The van der Waals surface area contributed by atoms with Gasteiger partial charge < -0.3 is 4.42 Å². The van der Waals surface area contributed by atoms with E-state index in [4.69, 9.17) is 4.42 Å². The summed E-state index contributed by atoms with van der Waals surface area (Å²) in [6.45, 7) is 1.78. The van der Waals surface area contributed by atoms with Gasteiger partial charge in [0.2, 0.25) is 5.89 Å². The fourth-order valence-corrected chi connectivity index (χ4v) is 5.26. The van der Waals surface area contributed by atoms with E-state index in [1.807, 2.05) is 46.9 Å². The van der Waals surface area contributed by atoms with Crippen LogP contribution in [0, 0.1) is 0 Å². The van der Waals surface area contributed by atoms with E-state index in [0.29, 0.717) is 6.04 Å². The van der Waals surface area contributed by atoms with E-state index < -0.39 is 0 Å². The molecule has 5 rings (SSSR count). The van der Waals surface area contributed by atoms with Gasteiger partial charge in [-0.15, -0.1) is 22.7 Å². The second kappa shape index (κ2) is 5.84. The van der Waals surface area contributed by atoms with Gasteiger partial charge >= 0.3 is 0 Å². The SMILES string of the molecule is c1csc(C2c3ccsc3CCN2Cc2nc3ccccc3o2)c1. The molecule has 0 aliphatic carbocycles. The van der Waals surface area contributed by atoms with Gasteiger partial charge in [0.25, 0.3) is 0 Å². The summed E-state index contributed by atoms with van der Waals surface area (Å²) in [4.78, 5) is 10.1. The molecule has 0 saturated heterocycles. The molecule has 0 amide bonds. The molecule has 5 heteroatoms. The topological polar surface area (TPSA) is 29.3 Å². The van der Waals surface area contributed by atoms with Crippen LogP contribution >= 0.6 is 22.7 Å². The smallest absolute Gasteiger partial charge is 0.209 e. The normalized spacial score (nSPS) is 18.1. The number of thiophene rings is 2. The first kappa shape index (κ1) is 14.4. The van der Waals surface area contributed by atoms with Crippen LogP contribution in [0.25, 0.3) is 11.1 Å². The highest BCUT2D eigenvalue weighted by Crippen LogP contribution is 2.40. The van der Waals surface area contributed by atoms with Crippen molar-refractivity contribution < 1.29 is 4.42 Å². The molecule has 3 nitrogen and oxygen atoms in total. The fourth-order valence-electron chi connectivity index (χ4n) is 3.48. The minimum absolute atomic E-state index is 0.315. The Morgan fingerprint density at radius 1 is 1.08 bits per heavy atom. The lowest BCUT2D eigenvalue weighted by Crippen LogP contribution is -2.34. The molecule has 4 aromatic rings. The quantitative estimate of drug-likeness (QED) is 0.514. The Morgan fingerprint density at radius 2 is 2.04 bits per heavy atom. The van der Waals surface area contributed by atoms with Gasteiger partial charge in [-0.1, -0.05) is 18.2 Å². The maximum Gasteiger partial charge on any atom is 0.209 e. The molecule has 1 aliphatic rings. The molecule has 1 unspecified atom stereocenters. The van der Waals surface area contributed by atoms with Crippen LogP contribution in [0.15, 0.2) is 57.6 Å². The van der Waals surface area contributed by atoms with Crippen LogP contribution < -0.4 is 0 Å². The predicted molar refractivity (Wildman–Crippen MR) is 98.6 cm³/mol. The number of para-hydroxylation sites is 2. The van der Waals surface area contributed by atoms with Crippen LogP contribution in [0.4, 0.5) is 0 Å². The van der Waals surface area contributed by atoms with Crippen molar-refractivity contribution in [3.8, 4) is 0 Å². The van der Waals surface area contributed by atoms with Crippen molar-refractivity contribution in [2.24, 2.45) is 0 Å². The number of oxazole rings is 1. The number of hydrogen-bond acceptors (Lipinski definition) is 5. The Kier molecular flexibility index (Phi) is 3.51. The summed E-state index contributed by atoms with van der Waals surface area (Å²) in [5.41, 5.74) is 3.26. The molecule has 0 bridgehead atoms. The summed E-state index contributed by atoms with van der Waals surface area (Å²) < 4.78 is 5.96. The zero-order chi connectivity index (χ0) is 15.9. The van der Waals surface area contributed by atoms with Gasteiger partial charge in [-0.3, -0.25) is 4.90 Å². The molecule has 0 saturated carbocycles. The molecule has 1 aromatic carbocycles. The predicted octanol–water partition coefficient (Wildman–Crippen LogP) is 5.10. The van der Waals surface area contributed by atoms with Crippen LogP contribution in [-0.2, 0) is 13.0 Å². The molecule has 4 heterocycles. The number of hydrogen-bond donors (Lipinski definition) is 0. The van der Waals surface area contributed by atoms with E-state index in [1.165, 1.54) is 15.3 Å². The molecule has 0 fully saturated rings. The number of benzene rings is 1. The molecule has 120 valence electrons. The Hall–Kier alpha value is -1.95. The van der Waals surface area contributed by atoms with Gasteiger partial charge in [-0.05, 0) is 47.0 Å². The third-order valence-corrected chi connectivity index (χ3v) is 6.48. The molecular formula is C19H16N2OS2. The van der Waals surface area contributed by atoms with Gasteiger partial charge in [0.1, 0.15) is 5.52 Å². The molecule has 3 aromatic heterocycles. The highest BCUT2D eigenvalue weighted by molar-refractivity contribution is 7.10. The molecule has 0 spiro atoms. The van der Waals surface area contributed by atoms with E-state index in [1.54, 1.807) is 0 Å². The van der Waals surface area contributed by atoms with Crippen molar-refractivity contribution in [1.82, 2.24) is 9.88 Å². The van der Waals surface area contributed by atoms with Crippen molar-refractivity contribution in [3.05, 3.63) is 74.4 Å². The minimum Gasteiger partial charge on any atom is -0.439 e. The summed E-state index contributed by atoms with van der Waals surface area (Å²) >= 11 is 3.71. The molecular weight excluding hydrogens is 336 g/mol. The zero-order valence-electron chi connectivity index (χ0n) is 13.0. The first-order valence-electron chi connectivity index (χ1n) is 8.06. The summed E-state index contributed by atoms with van der Waals surface area (Å²) in [5.74, 6) is 0.802. The largest absolute Gasteiger partial charge is 0.439 e. The number of rotatable bonds is 3. The van der Waals surface area contributed by atoms with Crippen molar-refractivity contribution in [2.75, 3.05) is 6.54 Å². The molecule has 24 heavy (non-hydrogen) atoms. The highest BCUT2D eigenvalue weighted by atomic mass is 32.1. The summed E-state index contributed by atoms with van der Waals surface area (Å²) in [5, 5.41) is 4.38. The maximum atomic E-state index is 5.96. The van der Waals surface area contributed by atoms with E-state index in [9.17, 15) is 0 Å². The van der Waals surface area contributed by atoms with Crippen LogP contribution in [0.1, 0.15) is 27.3 Å². The Bertz CT molecular complexity index is 937. The molecule has 0 N–H and O–H groups in total. The van der Waals surface area contributed by atoms with E-state index in [2.05, 4.69) is 38.8 Å². The highest BCUT2D eigenvalue weighted by Gasteiger charge is 2.31. The lowest BCUT2D eigenvalue weighted by Gasteiger charge is -2.34. The summed E-state index contributed by atoms with van der Waals surface area (Å²) in [6, 6.07) is 14.9. The Balaban J connectivity index is 1.52. The minimum atomic E-state index is 0.315. The van der Waals surface area contributed by atoms with Crippen LogP contribution in [0.5, 0.6) is 0 Å². The average Bonchev–Trinajstić information content (AvgIpc) is 3.34. The number of aromatic nitrogens is 1. The lowest BCUT2D eigenvalue weighted by molar-refractivity contribution is 0.191. The first-order valence-corrected chi connectivity index (χ1v) is 9.82. The zero-order valence-corrected chi connectivity index (χ0v) is 14.6. The first-order chi connectivity index (χ1) is 11.9. The second-order valence-electron chi connectivity index (χ2n) is 6.01. The monoisotopic (exact) mass is 352 g/mol. The third kappa shape index (κ3) is 2.40. The summed E-state index contributed by atoms with van der Waals surface area (Å²) in [7, 11) is 0. The van der Waals surface area contributed by atoms with Gasteiger partial charge in [-0.25, -0.2) is 4.98 Å². The number of fused-ring (bicyclic) bond motifs is 2. The van der Waals surface area contributed by atoms with Crippen molar-refractivity contribution in [2.45, 2.75) is 19.0 Å².